The Kier molecular flexibility index (Phi) is 4.80. The summed E-state index contributed by atoms with van der Waals surface area (Å²) >= 11 is 0. The van der Waals surface area contributed by atoms with E-state index in [-0.39, 0.29) is 23.4 Å². The van der Waals surface area contributed by atoms with Gasteiger partial charge in [-0.1, -0.05) is 25.7 Å². The van der Waals surface area contributed by atoms with Gasteiger partial charge in [0.25, 0.3) is 5.95 Å². The Morgan fingerprint density at radius 3 is 2.55 bits per heavy atom. The molecule has 1 aliphatic rings. The van der Waals surface area contributed by atoms with Gasteiger partial charge in [0.05, 0.1) is 23.0 Å². The highest BCUT2D eigenvalue weighted by Gasteiger charge is 2.20. The van der Waals surface area contributed by atoms with Crippen LogP contribution in [0.4, 0.5) is 16.0 Å². The number of nitrogens with zero attached hydrogens (tertiary/aromatic N) is 6. The summed E-state index contributed by atoms with van der Waals surface area (Å²) in [5, 5.41) is 9.68. The molecule has 0 spiro atoms. The summed E-state index contributed by atoms with van der Waals surface area (Å²) in [6, 6.07) is 4.64. The number of hydrogen-bond donors (Lipinski definition) is 2. The third kappa shape index (κ3) is 3.60. The molecule has 1 aliphatic carbocycles. The number of hydrogen-bond acceptors (Lipinski definition) is 6. The first-order valence-corrected chi connectivity index (χ1v) is 10.6. The third-order valence-corrected chi connectivity index (χ3v) is 6.12. The molecule has 1 fully saturated rings. The van der Waals surface area contributed by atoms with Crippen LogP contribution < -0.4 is 11.5 Å². The Morgan fingerprint density at radius 2 is 1.87 bits per heavy atom. The topological polar surface area (TPSA) is 113 Å². The molecule has 0 bridgehead atoms. The van der Waals surface area contributed by atoms with E-state index >= 15 is 0 Å². The number of aryl methyl sites for hydroxylation is 2. The summed E-state index contributed by atoms with van der Waals surface area (Å²) in [5.74, 6) is 1.19. The molecule has 0 unspecified atom stereocenters. The second-order valence-electron chi connectivity index (χ2n) is 8.28. The summed E-state index contributed by atoms with van der Waals surface area (Å²) in [6.45, 7) is 0. The average Bonchev–Trinajstić information content (AvgIpc) is 3.46. The summed E-state index contributed by atoms with van der Waals surface area (Å²) in [5.41, 5.74) is 15.4. The number of nitrogen functional groups attached to an aromatic ring is 2. The van der Waals surface area contributed by atoms with Crippen LogP contribution in [0.3, 0.4) is 0 Å². The van der Waals surface area contributed by atoms with E-state index < -0.39 is 0 Å². The molecule has 3 aromatic heterocycles. The largest absolute Gasteiger partial charge is 0.383 e. The number of fused-ring (bicyclic) bond motifs is 1. The minimum Gasteiger partial charge on any atom is -0.383 e. The highest BCUT2D eigenvalue weighted by molar-refractivity contribution is 5.85. The zero-order valence-electron chi connectivity index (χ0n) is 17.4. The van der Waals surface area contributed by atoms with Crippen LogP contribution in [0.25, 0.3) is 28.0 Å². The van der Waals surface area contributed by atoms with Crippen LogP contribution >= 0.6 is 0 Å². The molecule has 0 amide bonds. The maximum atomic E-state index is 14.0. The Labute approximate surface area is 179 Å². The van der Waals surface area contributed by atoms with Crippen molar-refractivity contribution in [1.29, 1.82) is 0 Å². The number of halogens is 1. The van der Waals surface area contributed by atoms with Crippen molar-refractivity contribution in [2.45, 2.75) is 38.5 Å². The van der Waals surface area contributed by atoms with Crippen LogP contribution in [0.5, 0.6) is 0 Å². The first-order chi connectivity index (χ1) is 15.0. The Bertz CT molecular complexity index is 1230. The first kappa shape index (κ1) is 19.5. The number of nitrogens with two attached hydrogens (primary N) is 2. The maximum Gasteiger partial charge on any atom is 0.255 e. The van der Waals surface area contributed by atoms with Gasteiger partial charge in [-0.25, -0.2) is 4.39 Å². The van der Waals surface area contributed by atoms with Gasteiger partial charge in [-0.05, 0) is 37.0 Å². The molecule has 31 heavy (non-hydrogen) atoms. The van der Waals surface area contributed by atoms with Crippen LogP contribution in [0.15, 0.2) is 30.6 Å². The van der Waals surface area contributed by atoms with Gasteiger partial charge in [-0.2, -0.15) is 24.8 Å². The highest BCUT2D eigenvalue weighted by atomic mass is 19.1. The minimum atomic E-state index is -0.291. The normalized spacial score (nSPS) is 14.6. The molecule has 3 heterocycles. The van der Waals surface area contributed by atoms with E-state index in [1.54, 1.807) is 27.8 Å². The van der Waals surface area contributed by atoms with E-state index in [0.717, 1.165) is 40.9 Å². The lowest BCUT2D eigenvalue weighted by Crippen LogP contribution is -2.10. The second-order valence-corrected chi connectivity index (χ2v) is 8.28. The molecule has 5 rings (SSSR count). The van der Waals surface area contributed by atoms with Crippen molar-refractivity contribution in [3.05, 3.63) is 42.1 Å². The van der Waals surface area contributed by atoms with E-state index in [1.807, 2.05) is 7.05 Å². The quantitative estimate of drug-likeness (QED) is 0.510. The van der Waals surface area contributed by atoms with Gasteiger partial charge in [0.15, 0.2) is 0 Å². The van der Waals surface area contributed by atoms with E-state index in [4.69, 9.17) is 16.6 Å². The predicted molar refractivity (Wildman–Crippen MR) is 118 cm³/mol. The molecular weight excluding hydrogens is 395 g/mol. The molecule has 8 nitrogen and oxygen atoms in total. The smallest absolute Gasteiger partial charge is 0.255 e. The third-order valence-electron chi connectivity index (χ3n) is 6.12. The molecule has 1 aromatic carbocycles. The fraction of sp³-hybridized carbons (Fsp3) is 0.364. The van der Waals surface area contributed by atoms with Crippen LogP contribution in [-0.4, -0.2) is 29.5 Å². The van der Waals surface area contributed by atoms with Crippen molar-refractivity contribution in [3.8, 4) is 17.1 Å². The standard InChI is InChI=1S/C22H25FN8/c1-30-12-14(11-26-30)19-20(24)27-22(28-21(19)25)31-18-9-7-15(23)10-16(18)17(29-31)8-6-13-4-2-3-5-13/h7,9-13H,2-6,8H2,1H3,(H4,24,25,27,28). The molecule has 160 valence electrons. The Morgan fingerprint density at radius 1 is 1.13 bits per heavy atom. The maximum absolute atomic E-state index is 14.0. The van der Waals surface area contributed by atoms with Crippen LogP contribution in [0, 0.1) is 11.7 Å². The fourth-order valence-corrected chi connectivity index (χ4v) is 4.55. The number of benzene rings is 1. The summed E-state index contributed by atoms with van der Waals surface area (Å²) < 4.78 is 17.3. The van der Waals surface area contributed by atoms with Crippen LogP contribution in [0.2, 0.25) is 0 Å². The summed E-state index contributed by atoms with van der Waals surface area (Å²) in [4.78, 5) is 8.94. The van der Waals surface area contributed by atoms with E-state index in [1.165, 1.54) is 37.8 Å². The van der Waals surface area contributed by atoms with Crippen molar-refractivity contribution >= 4 is 22.5 Å². The second kappa shape index (κ2) is 7.64. The molecule has 4 N–H and O–H groups in total. The number of rotatable bonds is 5. The zero-order chi connectivity index (χ0) is 21.5. The molecule has 0 aliphatic heterocycles. The highest BCUT2D eigenvalue weighted by Crippen LogP contribution is 2.32. The first-order valence-electron chi connectivity index (χ1n) is 10.6. The monoisotopic (exact) mass is 420 g/mol. The van der Waals surface area contributed by atoms with E-state index in [9.17, 15) is 4.39 Å². The number of aromatic nitrogens is 6. The van der Waals surface area contributed by atoms with Gasteiger partial charge in [0.1, 0.15) is 17.5 Å². The summed E-state index contributed by atoms with van der Waals surface area (Å²) in [6.07, 6.45) is 10.4. The van der Waals surface area contributed by atoms with E-state index in [2.05, 4.69) is 15.1 Å². The molecular formula is C22H25FN8. The molecule has 0 radical (unpaired) electrons. The average molecular weight is 420 g/mol. The van der Waals surface area contributed by atoms with Crippen LogP contribution in [0.1, 0.15) is 37.8 Å². The van der Waals surface area contributed by atoms with E-state index in [0.29, 0.717) is 5.56 Å². The predicted octanol–water partition coefficient (Wildman–Crippen LogP) is 3.64. The lowest BCUT2D eigenvalue weighted by molar-refractivity contribution is 0.500. The Hall–Kier alpha value is -3.49. The lowest BCUT2D eigenvalue weighted by Gasteiger charge is -2.09. The molecule has 1 saturated carbocycles. The van der Waals surface area contributed by atoms with Gasteiger partial charge in [0, 0.05) is 24.2 Å². The van der Waals surface area contributed by atoms with Gasteiger partial charge >= 0.3 is 0 Å². The van der Waals surface area contributed by atoms with Crippen molar-refractivity contribution < 1.29 is 4.39 Å². The van der Waals surface area contributed by atoms with Crippen molar-refractivity contribution in [2.75, 3.05) is 11.5 Å². The van der Waals surface area contributed by atoms with Gasteiger partial charge in [-0.15, -0.1) is 0 Å². The minimum absolute atomic E-state index is 0.244. The number of anilines is 2. The summed E-state index contributed by atoms with van der Waals surface area (Å²) in [7, 11) is 1.81. The molecule has 0 saturated heterocycles. The van der Waals surface area contributed by atoms with Crippen LogP contribution in [-0.2, 0) is 13.5 Å². The van der Waals surface area contributed by atoms with Gasteiger partial charge < -0.3 is 11.5 Å². The molecule has 0 atom stereocenters. The Balaban J connectivity index is 1.56. The molecule has 9 heteroatoms. The SMILES string of the molecule is Cn1cc(-c2c(N)nc(-n3nc(CCC4CCCC4)c4cc(F)ccc43)nc2N)cn1. The van der Waals surface area contributed by atoms with Crippen molar-refractivity contribution in [2.24, 2.45) is 13.0 Å². The van der Waals surface area contributed by atoms with Gasteiger partial charge in [0.2, 0.25) is 0 Å². The fourth-order valence-electron chi connectivity index (χ4n) is 4.55. The van der Waals surface area contributed by atoms with Crippen molar-refractivity contribution in [3.63, 3.8) is 0 Å². The lowest BCUT2D eigenvalue weighted by atomic mass is 9.99. The molecule has 4 aromatic rings. The van der Waals surface area contributed by atoms with Crippen molar-refractivity contribution in [1.82, 2.24) is 29.5 Å². The van der Waals surface area contributed by atoms with Gasteiger partial charge in [-0.3, -0.25) is 4.68 Å². The zero-order valence-corrected chi connectivity index (χ0v) is 17.4.